The first kappa shape index (κ1) is 14.0. The molecule has 5 heteroatoms. The van der Waals surface area contributed by atoms with E-state index in [4.69, 9.17) is 17.3 Å². The number of carbonyl (C=O) groups excluding carboxylic acids is 1. The number of ketones is 1. The van der Waals surface area contributed by atoms with Crippen molar-refractivity contribution in [2.24, 2.45) is 0 Å². The highest BCUT2D eigenvalue weighted by molar-refractivity contribution is 9.10. The molecule has 0 atom stereocenters. The van der Waals surface area contributed by atoms with Gasteiger partial charge in [0.25, 0.3) is 0 Å². The van der Waals surface area contributed by atoms with Gasteiger partial charge in [-0.15, -0.1) is 0 Å². The average Bonchev–Trinajstić information content (AvgIpc) is 2.36. The van der Waals surface area contributed by atoms with E-state index >= 15 is 0 Å². The minimum atomic E-state index is -0.637. The fourth-order valence-corrected chi connectivity index (χ4v) is 2.19. The molecule has 0 fully saturated rings. The highest BCUT2D eigenvalue weighted by Crippen LogP contribution is 2.28. The Balaban J connectivity index is 2.56. The van der Waals surface area contributed by atoms with E-state index in [-0.39, 0.29) is 16.1 Å². The second-order valence-corrected chi connectivity index (χ2v) is 5.43. The van der Waals surface area contributed by atoms with Crippen molar-refractivity contribution in [3.05, 3.63) is 62.3 Å². The zero-order valence-corrected chi connectivity index (χ0v) is 12.3. The Kier molecular flexibility index (Phi) is 3.92. The Hall–Kier alpha value is -1.39. The maximum Gasteiger partial charge on any atom is 0.198 e. The summed E-state index contributed by atoms with van der Waals surface area (Å²) in [5.74, 6) is -1.12. The summed E-state index contributed by atoms with van der Waals surface area (Å²) in [6.07, 6.45) is 0. The largest absolute Gasteiger partial charge is 0.398 e. The van der Waals surface area contributed by atoms with Crippen LogP contribution in [0.3, 0.4) is 0 Å². The van der Waals surface area contributed by atoms with Crippen LogP contribution < -0.4 is 5.73 Å². The molecule has 2 rings (SSSR count). The Bertz CT molecular complexity index is 673. The molecule has 0 saturated heterocycles. The van der Waals surface area contributed by atoms with Crippen LogP contribution in [-0.2, 0) is 0 Å². The minimum absolute atomic E-state index is 0.0921. The van der Waals surface area contributed by atoms with Crippen LogP contribution in [0.1, 0.15) is 21.5 Å². The van der Waals surface area contributed by atoms with Gasteiger partial charge in [0.05, 0.1) is 10.6 Å². The van der Waals surface area contributed by atoms with Gasteiger partial charge in [0, 0.05) is 15.7 Å². The Morgan fingerprint density at radius 3 is 2.63 bits per heavy atom. The number of aryl methyl sites for hydroxylation is 1. The van der Waals surface area contributed by atoms with Crippen molar-refractivity contribution in [2.45, 2.75) is 6.92 Å². The number of benzene rings is 2. The zero-order valence-electron chi connectivity index (χ0n) is 10.0. The lowest BCUT2D eigenvalue weighted by molar-refractivity contribution is 0.103. The van der Waals surface area contributed by atoms with Gasteiger partial charge in [0.1, 0.15) is 5.82 Å². The van der Waals surface area contributed by atoms with Crippen LogP contribution in [0.4, 0.5) is 10.1 Å². The first-order chi connectivity index (χ1) is 8.90. The van der Waals surface area contributed by atoms with Crippen LogP contribution in [0, 0.1) is 12.7 Å². The normalized spacial score (nSPS) is 10.5. The summed E-state index contributed by atoms with van der Waals surface area (Å²) >= 11 is 9.00. The maximum absolute atomic E-state index is 13.8. The molecule has 0 amide bonds. The Labute approximate surface area is 123 Å². The molecule has 0 aromatic heterocycles. The highest BCUT2D eigenvalue weighted by atomic mass is 79.9. The number of hydrogen-bond acceptors (Lipinski definition) is 2. The number of rotatable bonds is 2. The molecule has 2 nitrogen and oxygen atoms in total. The summed E-state index contributed by atoms with van der Waals surface area (Å²) in [6, 6.07) is 7.51. The second-order valence-electron chi connectivity index (χ2n) is 4.17. The summed E-state index contributed by atoms with van der Waals surface area (Å²) < 4.78 is 14.3. The predicted octanol–water partition coefficient (Wildman–Crippen LogP) is 4.36. The fraction of sp³-hybridized carbons (Fsp3) is 0.0714. The number of nitrogen functional groups attached to an aromatic ring is 1. The Morgan fingerprint density at radius 2 is 1.95 bits per heavy atom. The monoisotopic (exact) mass is 341 g/mol. The van der Waals surface area contributed by atoms with Gasteiger partial charge in [0.2, 0.25) is 0 Å². The summed E-state index contributed by atoms with van der Waals surface area (Å²) in [7, 11) is 0. The molecule has 19 heavy (non-hydrogen) atoms. The number of carbonyl (C=O) groups is 1. The van der Waals surface area contributed by atoms with Crippen LogP contribution in [0.5, 0.6) is 0 Å². The lowest BCUT2D eigenvalue weighted by Crippen LogP contribution is -2.08. The van der Waals surface area contributed by atoms with Crippen LogP contribution in [-0.4, -0.2) is 5.78 Å². The first-order valence-electron chi connectivity index (χ1n) is 5.45. The number of hydrogen-bond donors (Lipinski definition) is 1. The quantitative estimate of drug-likeness (QED) is 0.500. The van der Waals surface area contributed by atoms with Crippen molar-refractivity contribution in [1.29, 1.82) is 0 Å². The third-order valence-electron chi connectivity index (χ3n) is 2.71. The van der Waals surface area contributed by atoms with E-state index in [9.17, 15) is 9.18 Å². The van der Waals surface area contributed by atoms with Crippen molar-refractivity contribution in [2.75, 3.05) is 5.73 Å². The third-order valence-corrected chi connectivity index (χ3v) is 3.91. The summed E-state index contributed by atoms with van der Waals surface area (Å²) in [5.41, 5.74) is 7.13. The third kappa shape index (κ3) is 2.80. The van der Waals surface area contributed by atoms with E-state index in [0.717, 1.165) is 5.56 Å². The highest BCUT2D eigenvalue weighted by Gasteiger charge is 2.18. The predicted molar refractivity (Wildman–Crippen MR) is 78.1 cm³/mol. The molecule has 2 aromatic carbocycles. The molecule has 0 aliphatic rings. The van der Waals surface area contributed by atoms with Crippen LogP contribution in [0.25, 0.3) is 0 Å². The van der Waals surface area contributed by atoms with E-state index in [1.165, 1.54) is 12.1 Å². The smallest absolute Gasteiger partial charge is 0.198 e. The van der Waals surface area contributed by atoms with Gasteiger partial charge in [-0.3, -0.25) is 4.79 Å². The minimum Gasteiger partial charge on any atom is -0.398 e. The molecule has 0 spiro atoms. The molecular weight excluding hydrogens is 333 g/mol. The van der Waals surface area contributed by atoms with Crippen molar-refractivity contribution >= 4 is 39.0 Å². The fourth-order valence-electron chi connectivity index (χ4n) is 1.71. The van der Waals surface area contributed by atoms with E-state index in [1.807, 2.05) is 6.92 Å². The van der Waals surface area contributed by atoms with Crippen LogP contribution in [0.15, 0.2) is 34.8 Å². The molecule has 2 aromatic rings. The van der Waals surface area contributed by atoms with Gasteiger partial charge >= 0.3 is 0 Å². The number of nitrogens with two attached hydrogens (primary N) is 1. The number of anilines is 1. The summed E-state index contributed by atoms with van der Waals surface area (Å²) in [6.45, 7) is 1.83. The molecular formula is C14H10BrClFNO. The summed E-state index contributed by atoms with van der Waals surface area (Å²) in [5, 5.41) is 0.274. The van der Waals surface area contributed by atoms with Crippen molar-refractivity contribution in [3.8, 4) is 0 Å². The van der Waals surface area contributed by atoms with Crippen molar-refractivity contribution in [1.82, 2.24) is 0 Å². The van der Waals surface area contributed by atoms with Gasteiger partial charge in [-0.25, -0.2) is 4.39 Å². The molecule has 0 unspecified atom stereocenters. The van der Waals surface area contributed by atoms with Gasteiger partial charge in [0.15, 0.2) is 5.78 Å². The topological polar surface area (TPSA) is 43.1 Å². The standard InChI is InChI=1S/C14H10BrClFNO/c1-7-2-3-13(18)9(4-7)14(19)8-5-11(16)10(15)6-12(8)17/h2-6H,18H2,1H3. The maximum atomic E-state index is 13.8. The molecule has 0 aliphatic carbocycles. The van der Waals surface area contributed by atoms with Crippen molar-refractivity contribution in [3.63, 3.8) is 0 Å². The van der Waals surface area contributed by atoms with Gasteiger partial charge < -0.3 is 5.73 Å². The van der Waals surface area contributed by atoms with Crippen LogP contribution >= 0.6 is 27.5 Å². The van der Waals surface area contributed by atoms with Crippen LogP contribution in [0.2, 0.25) is 5.02 Å². The SMILES string of the molecule is Cc1ccc(N)c(C(=O)c2cc(Cl)c(Br)cc2F)c1. The summed E-state index contributed by atoms with van der Waals surface area (Å²) in [4.78, 5) is 12.3. The lowest BCUT2D eigenvalue weighted by atomic mass is 9.99. The van der Waals surface area contributed by atoms with Crippen molar-refractivity contribution < 1.29 is 9.18 Å². The average molecular weight is 343 g/mol. The molecule has 0 aliphatic heterocycles. The van der Waals surface area contributed by atoms with Gasteiger partial charge in [-0.05, 0) is 47.1 Å². The molecule has 2 N–H and O–H groups in total. The molecule has 0 bridgehead atoms. The second kappa shape index (κ2) is 5.31. The van der Waals surface area contributed by atoms with E-state index in [1.54, 1.807) is 18.2 Å². The van der Waals surface area contributed by atoms with Gasteiger partial charge in [-0.2, -0.15) is 0 Å². The van der Waals surface area contributed by atoms with Gasteiger partial charge in [-0.1, -0.05) is 23.2 Å². The molecule has 98 valence electrons. The zero-order chi connectivity index (χ0) is 14.2. The molecule has 0 heterocycles. The molecule has 0 radical (unpaired) electrons. The van der Waals surface area contributed by atoms with E-state index in [2.05, 4.69) is 15.9 Å². The van der Waals surface area contributed by atoms with E-state index in [0.29, 0.717) is 10.2 Å². The Morgan fingerprint density at radius 1 is 1.26 bits per heavy atom. The first-order valence-corrected chi connectivity index (χ1v) is 6.62. The van der Waals surface area contributed by atoms with E-state index < -0.39 is 11.6 Å². The lowest BCUT2D eigenvalue weighted by Gasteiger charge is -2.08. The molecule has 0 saturated carbocycles. The number of halogens is 3.